The molecule has 0 aromatic heterocycles. The summed E-state index contributed by atoms with van der Waals surface area (Å²) in [6.45, 7) is 2.04. The van der Waals surface area contributed by atoms with Gasteiger partial charge in [-0.3, -0.25) is 0 Å². The van der Waals surface area contributed by atoms with E-state index in [4.69, 9.17) is 11.6 Å². The SMILES string of the molecule is Cc1ccc(CC2CC2)cc1Cl. The minimum Gasteiger partial charge on any atom is -0.0840 e. The van der Waals surface area contributed by atoms with Crippen LogP contribution in [0.3, 0.4) is 0 Å². The van der Waals surface area contributed by atoms with Crippen LogP contribution in [0.1, 0.15) is 24.0 Å². The third kappa shape index (κ3) is 1.81. The van der Waals surface area contributed by atoms with Crippen LogP contribution in [-0.2, 0) is 6.42 Å². The Labute approximate surface area is 78.6 Å². The smallest absolute Gasteiger partial charge is 0.0437 e. The topological polar surface area (TPSA) is 0 Å². The van der Waals surface area contributed by atoms with Crippen molar-refractivity contribution in [3.05, 3.63) is 34.3 Å². The molecule has 64 valence electrons. The molecule has 0 nitrogen and oxygen atoms in total. The third-order valence-electron chi connectivity index (χ3n) is 2.46. The van der Waals surface area contributed by atoms with Crippen molar-refractivity contribution < 1.29 is 0 Å². The maximum atomic E-state index is 6.02. The number of hydrogen-bond donors (Lipinski definition) is 0. The zero-order chi connectivity index (χ0) is 8.55. The molecule has 1 heteroatoms. The Morgan fingerprint density at radius 3 is 2.75 bits per heavy atom. The van der Waals surface area contributed by atoms with Crippen molar-refractivity contribution in [2.24, 2.45) is 5.92 Å². The Kier molecular flexibility index (Phi) is 2.10. The molecule has 0 saturated heterocycles. The van der Waals surface area contributed by atoms with Gasteiger partial charge in [0.2, 0.25) is 0 Å². The van der Waals surface area contributed by atoms with Crippen molar-refractivity contribution >= 4 is 11.6 Å². The van der Waals surface area contributed by atoms with E-state index in [1.165, 1.54) is 30.4 Å². The molecule has 1 aromatic rings. The van der Waals surface area contributed by atoms with Gasteiger partial charge in [-0.1, -0.05) is 23.7 Å². The first-order chi connectivity index (χ1) is 5.75. The molecule has 1 saturated carbocycles. The highest BCUT2D eigenvalue weighted by atomic mass is 35.5. The maximum Gasteiger partial charge on any atom is 0.0437 e. The van der Waals surface area contributed by atoms with Gasteiger partial charge in [-0.2, -0.15) is 0 Å². The van der Waals surface area contributed by atoms with Crippen LogP contribution in [0.15, 0.2) is 18.2 Å². The van der Waals surface area contributed by atoms with E-state index in [0.29, 0.717) is 0 Å². The van der Waals surface area contributed by atoms with Gasteiger partial charge in [0.15, 0.2) is 0 Å². The quantitative estimate of drug-likeness (QED) is 0.653. The lowest BCUT2D eigenvalue weighted by Crippen LogP contribution is -1.87. The van der Waals surface area contributed by atoms with Crippen molar-refractivity contribution in [2.75, 3.05) is 0 Å². The highest BCUT2D eigenvalue weighted by Crippen LogP contribution is 2.33. The second-order valence-corrected chi connectivity index (χ2v) is 4.14. The van der Waals surface area contributed by atoms with Crippen LogP contribution in [0, 0.1) is 12.8 Å². The Morgan fingerprint density at radius 1 is 1.42 bits per heavy atom. The number of aryl methyl sites for hydroxylation is 1. The molecule has 0 radical (unpaired) electrons. The van der Waals surface area contributed by atoms with Crippen molar-refractivity contribution in [1.29, 1.82) is 0 Å². The minimum absolute atomic E-state index is 0.910. The van der Waals surface area contributed by atoms with E-state index in [0.717, 1.165) is 10.9 Å². The van der Waals surface area contributed by atoms with E-state index in [1.54, 1.807) is 0 Å². The maximum absolute atomic E-state index is 6.02. The van der Waals surface area contributed by atoms with Gasteiger partial charge in [0.05, 0.1) is 0 Å². The monoisotopic (exact) mass is 180 g/mol. The summed E-state index contributed by atoms with van der Waals surface area (Å²) >= 11 is 6.02. The van der Waals surface area contributed by atoms with Gasteiger partial charge in [-0.05, 0) is 49.3 Å². The van der Waals surface area contributed by atoms with Crippen LogP contribution in [-0.4, -0.2) is 0 Å². The standard InChI is InChI=1S/C11H13Cl/c1-8-2-3-10(7-11(8)12)6-9-4-5-9/h2-3,7,9H,4-6H2,1H3. The average Bonchev–Trinajstić information content (AvgIpc) is 2.81. The molecule has 2 rings (SSSR count). The molecular weight excluding hydrogens is 168 g/mol. The van der Waals surface area contributed by atoms with Crippen LogP contribution in [0.4, 0.5) is 0 Å². The fourth-order valence-electron chi connectivity index (χ4n) is 1.42. The van der Waals surface area contributed by atoms with Crippen LogP contribution in [0.25, 0.3) is 0 Å². The van der Waals surface area contributed by atoms with E-state index in [-0.39, 0.29) is 0 Å². The summed E-state index contributed by atoms with van der Waals surface area (Å²) in [5, 5.41) is 0.910. The van der Waals surface area contributed by atoms with E-state index in [2.05, 4.69) is 18.2 Å². The largest absolute Gasteiger partial charge is 0.0840 e. The molecule has 12 heavy (non-hydrogen) atoms. The molecule has 0 heterocycles. The van der Waals surface area contributed by atoms with E-state index in [9.17, 15) is 0 Å². The molecular formula is C11H13Cl. The molecule has 0 bridgehead atoms. The lowest BCUT2D eigenvalue weighted by atomic mass is 10.1. The van der Waals surface area contributed by atoms with Gasteiger partial charge >= 0.3 is 0 Å². The van der Waals surface area contributed by atoms with Crippen molar-refractivity contribution in [2.45, 2.75) is 26.2 Å². The zero-order valence-electron chi connectivity index (χ0n) is 7.31. The van der Waals surface area contributed by atoms with Gasteiger partial charge < -0.3 is 0 Å². The molecule has 0 spiro atoms. The Balaban J connectivity index is 2.15. The molecule has 1 aliphatic carbocycles. The lowest BCUT2D eigenvalue weighted by Gasteiger charge is -2.02. The molecule has 1 aliphatic rings. The molecule has 1 aromatic carbocycles. The molecule has 0 atom stereocenters. The van der Waals surface area contributed by atoms with Crippen molar-refractivity contribution in [1.82, 2.24) is 0 Å². The van der Waals surface area contributed by atoms with Crippen molar-refractivity contribution in [3.63, 3.8) is 0 Å². The molecule has 0 aliphatic heterocycles. The lowest BCUT2D eigenvalue weighted by molar-refractivity contribution is 0.832. The second kappa shape index (κ2) is 3.10. The fourth-order valence-corrected chi connectivity index (χ4v) is 1.62. The first-order valence-electron chi connectivity index (χ1n) is 4.51. The van der Waals surface area contributed by atoms with Crippen LogP contribution < -0.4 is 0 Å². The second-order valence-electron chi connectivity index (χ2n) is 3.73. The van der Waals surface area contributed by atoms with Crippen LogP contribution >= 0.6 is 11.6 Å². The summed E-state index contributed by atoms with van der Waals surface area (Å²) in [7, 11) is 0. The summed E-state index contributed by atoms with van der Waals surface area (Å²) in [4.78, 5) is 0. The number of halogens is 1. The highest BCUT2D eigenvalue weighted by Gasteiger charge is 2.21. The number of rotatable bonds is 2. The highest BCUT2D eigenvalue weighted by molar-refractivity contribution is 6.31. The van der Waals surface area contributed by atoms with Gasteiger partial charge in [-0.15, -0.1) is 0 Å². The number of hydrogen-bond acceptors (Lipinski definition) is 0. The summed E-state index contributed by atoms with van der Waals surface area (Å²) < 4.78 is 0. The van der Waals surface area contributed by atoms with E-state index in [1.807, 2.05) is 6.92 Å². The third-order valence-corrected chi connectivity index (χ3v) is 2.86. The molecule has 0 amide bonds. The van der Waals surface area contributed by atoms with Gasteiger partial charge in [-0.25, -0.2) is 0 Å². The first kappa shape index (κ1) is 8.12. The predicted molar refractivity (Wildman–Crippen MR) is 52.6 cm³/mol. The van der Waals surface area contributed by atoms with Gasteiger partial charge in [0, 0.05) is 5.02 Å². The van der Waals surface area contributed by atoms with E-state index >= 15 is 0 Å². The minimum atomic E-state index is 0.910. The van der Waals surface area contributed by atoms with Crippen LogP contribution in [0.2, 0.25) is 5.02 Å². The van der Waals surface area contributed by atoms with Gasteiger partial charge in [0.1, 0.15) is 0 Å². The predicted octanol–water partition coefficient (Wildman–Crippen LogP) is 3.60. The van der Waals surface area contributed by atoms with Crippen molar-refractivity contribution in [3.8, 4) is 0 Å². The average molecular weight is 181 g/mol. The zero-order valence-corrected chi connectivity index (χ0v) is 8.06. The Hall–Kier alpha value is -0.490. The summed E-state index contributed by atoms with van der Waals surface area (Å²) in [6, 6.07) is 6.41. The summed E-state index contributed by atoms with van der Waals surface area (Å²) in [6.07, 6.45) is 4.04. The Bertz CT molecular complexity index is 287. The number of benzene rings is 1. The van der Waals surface area contributed by atoms with E-state index < -0.39 is 0 Å². The van der Waals surface area contributed by atoms with Crippen LogP contribution in [0.5, 0.6) is 0 Å². The molecule has 0 unspecified atom stereocenters. The molecule has 1 fully saturated rings. The summed E-state index contributed by atoms with van der Waals surface area (Å²) in [5.41, 5.74) is 2.57. The normalized spacial score (nSPS) is 16.5. The van der Waals surface area contributed by atoms with Gasteiger partial charge in [0.25, 0.3) is 0 Å². The fraction of sp³-hybridized carbons (Fsp3) is 0.455. The molecule has 0 N–H and O–H groups in total. The Morgan fingerprint density at radius 2 is 2.17 bits per heavy atom. The first-order valence-corrected chi connectivity index (χ1v) is 4.88. The summed E-state index contributed by atoms with van der Waals surface area (Å²) in [5.74, 6) is 0.948.